The van der Waals surface area contributed by atoms with Gasteiger partial charge in [-0.3, -0.25) is 14.5 Å². The van der Waals surface area contributed by atoms with Gasteiger partial charge in [0.15, 0.2) is 0 Å². The molecule has 5 nitrogen and oxygen atoms in total. The SMILES string of the molecule is CC(C)c1ccc(CN2CCC3(CC2)[C@@H](C(=O)O)CC(=O)N3C)cc1. The summed E-state index contributed by atoms with van der Waals surface area (Å²) < 4.78 is 0. The molecule has 1 aromatic carbocycles. The van der Waals surface area contributed by atoms with Crippen molar-refractivity contribution >= 4 is 11.9 Å². The van der Waals surface area contributed by atoms with Crippen molar-refractivity contribution in [3.05, 3.63) is 35.4 Å². The molecule has 2 saturated heterocycles. The second kappa shape index (κ2) is 6.79. The Kier molecular flexibility index (Phi) is 4.87. The first kappa shape index (κ1) is 17.9. The van der Waals surface area contributed by atoms with Crippen molar-refractivity contribution in [1.82, 2.24) is 9.80 Å². The molecule has 2 aliphatic rings. The Balaban J connectivity index is 1.65. The Labute approximate surface area is 149 Å². The fourth-order valence-electron chi connectivity index (χ4n) is 4.35. The van der Waals surface area contributed by atoms with Gasteiger partial charge in [0, 0.05) is 33.1 Å². The van der Waals surface area contributed by atoms with Crippen LogP contribution in [0.15, 0.2) is 24.3 Å². The largest absolute Gasteiger partial charge is 0.481 e. The minimum absolute atomic E-state index is 0.0369. The van der Waals surface area contributed by atoms with E-state index < -0.39 is 17.4 Å². The summed E-state index contributed by atoms with van der Waals surface area (Å²) in [6.07, 6.45) is 1.61. The van der Waals surface area contributed by atoms with Crippen LogP contribution in [0.3, 0.4) is 0 Å². The van der Waals surface area contributed by atoms with Crippen molar-refractivity contribution in [2.24, 2.45) is 5.92 Å². The van der Waals surface area contributed by atoms with Gasteiger partial charge in [-0.05, 0) is 29.9 Å². The average Bonchev–Trinajstić information content (AvgIpc) is 2.83. The fraction of sp³-hybridized carbons (Fsp3) is 0.600. The van der Waals surface area contributed by atoms with Crippen LogP contribution in [0.1, 0.15) is 50.2 Å². The maximum absolute atomic E-state index is 12.1. The van der Waals surface area contributed by atoms with Gasteiger partial charge in [-0.2, -0.15) is 0 Å². The summed E-state index contributed by atoms with van der Waals surface area (Å²) in [6, 6.07) is 8.75. The summed E-state index contributed by atoms with van der Waals surface area (Å²) in [7, 11) is 1.77. The summed E-state index contributed by atoms with van der Waals surface area (Å²) in [5.74, 6) is -0.912. The van der Waals surface area contributed by atoms with Gasteiger partial charge >= 0.3 is 5.97 Å². The number of carboxylic acid groups (broad SMARTS) is 1. The zero-order chi connectivity index (χ0) is 18.2. The van der Waals surface area contributed by atoms with Gasteiger partial charge in [-0.25, -0.2) is 0 Å². The topological polar surface area (TPSA) is 60.9 Å². The number of amides is 1. The third-order valence-corrected chi connectivity index (χ3v) is 6.14. The van der Waals surface area contributed by atoms with E-state index in [-0.39, 0.29) is 12.3 Å². The maximum atomic E-state index is 12.1. The summed E-state index contributed by atoms with van der Waals surface area (Å²) in [5.41, 5.74) is 2.13. The molecule has 1 spiro atoms. The van der Waals surface area contributed by atoms with Crippen molar-refractivity contribution in [1.29, 1.82) is 0 Å². The Bertz CT molecular complexity index is 645. The molecule has 5 heteroatoms. The lowest BCUT2D eigenvalue weighted by Crippen LogP contribution is -2.55. The Hall–Kier alpha value is -1.88. The number of carbonyl (C=O) groups is 2. The highest BCUT2D eigenvalue weighted by molar-refractivity contribution is 5.88. The summed E-state index contributed by atoms with van der Waals surface area (Å²) in [4.78, 5) is 27.8. The summed E-state index contributed by atoms with van der Waals surface area (Å²) >= 11 is 0. The second-order valence-corrected chi connectivity index (χ2v) is 7.82. The molecular formula is C20H28N2O3. The number of likely N-dealkylation sites (tertiary alicyclic amines) is 2. The summed E-state index contributed by atoms with van der Waals surface area (Å²) in [5, 5.41) is 9.55. The van der Waals surface area contributed by atoms with Crippen molar-refractivity contribution in [3.8, 4) is 0 Å². The molecule has 2 aliphatic heterocycles. The van der Waals surface area contributed by atoms with Crippen LogP contribution in [0.25, 0.3) is 0 Å². The van der Waals surface area contributed by atoms with E-state index >= 15 is 0 Å². The average molecular weight is 344 g/mol. The third kappa shape index (κ3) is 3.30. The van der Waals surface area contributed by atoms with E-state index in [0.29, 0.717) is 5.92 Å². The van der Waals surface area contributed by atoms with Crippen molar-refractivity contribution in [3.63, 3.8) is 0 Å². The highest BCUT2D eigenvalue weighted by Crippen LogP contribution is 2.43. The number of benzene rings is 1. The number of hydrogen-bond acceptors (Lipinski definition) is 3. The highest BCUT2D eigenvalue weighted by atomic mass is 16.4. The molecule has 0 bridgehead atoms. The van der Waals surface area contributed by atoms with Gasteiger partial charge in [0.25, 0.3) is 0 Å². The number of hydrogen-bond donors (Lipinski definition) is 1. The standard InChI is InChI=1S/C20H28N2O3/c1-14(2)16-6-4-15(5-7-16)13-22-10-8-20(9-11-22)17(19(24)25)12-18(23)21(20)3/h4-7,14,17H,8-13H2,1-3H3,(H,24,25)/t17-/m1/s1. The van der Waals surface area contributed by atoms with Crippen LogP contribution in [-0.2, 0) is 16.1 Å². The van der Waals surface area contributed by atoms with Crippen LogP contribution < -0.4 is 0 Å². The number of carbonyl (C=O) groups excluding carboxylic acids is 1. The van der Waals surface area contributed by atoms with Crippen LogP contribution in [0.2, 0.25) is 0 Å². The van der Waals surface area contributed by atoms with Crippen LogP contribution in [0.4, 0.5) is 0 Å². The van der Waals surface area contributed by atoms with Crippen molar-refractivity contribution in [2.45, 2.75) is 51.1 Å². The van der Waals surface area contributed by atoms with E-state index in [0.717, 1.165) is 32.5 Å². The Morgan fingerprint density at radius 2 is 1.84 bits per heavy atom. The maximum Gasteiger partial charge on any atom is 0.309 e. The number of carboxylic acids is 1. The van der Waals surface area contributed by atoms with E-state index in [1.54, 1.807) is 11.9 Å². The van der Waals surface area contributed by atoms with Crippen LogP contribution in [-0.4, -0.2) is 52.5 Å². The molecule has 0 saturated carbocycles. The van der Waals surface area contributed by atoms with Gasteiger partial charge < -0.3 is 10.0 Å². The zero-order valence-corrected chi connectivity index (χ0v) is 15.4. The minimum atomic E-state index is -0.838. The molecule has 2 fully saturated rings. The lowest BCUT2D eigenvalue weighted by Gasteiger charge is -2.45. The zero-order valence-electron chi connectivity index (χ0n) is 15.4. The van der Waals surface area contributed by atoms with E-state index in [1.807, 2.05) is 0 Å². The number of nitrogens with zero attached hydrogens (tertiary/aromatic N) is 2. The Morgan fingerprint density at radius 1 is 1.24 bits per heavy atom. The van der Waals surface area contributed by atoms with Crippen molar-refractivity contribution < 1.29 is 14.7 Å². The van der Waals surface area contributed by atoms with E-state index in [1.165, 1.54) is 11.1 Å². The number of rotatable bonds is 4. The quantitative estimate of drug-likeness (QED) is 0.912. The second-order valence-electron chi connectivity index (χ2n) is 7.82. The van der Waals surface area contributed by atoms with Crippen LogP contribution >= 0.6 is 0 Å². The monoisotopic (exact) mass is 344 g/mol. The normalized spacial score (nSPS) is 23.6. The molecule has 1 aromatic rings. The lowest BCUT2D eigenvalue weighted by atomic mass is 9.77. The first-order valence-electron chi connectivity index (χ1n) is 9.14. The van der Waals surface area contributed by atoms with Crippen molar-refractivity contribution in [2.75, 3.05) is 20.1 Å². The molecule has 136 valence electrons. The third-order valence-electron chi connectivity index (χ3n) is 6.14. The molecule has 3 rings (SSSR count). The molecular weight excluding hydrogens is 316 g/mol. The first-order valence-corrected chi connectivity index (χ1v) is 9.14. The van der Waals surface area contributed by atoms with E-state index in [2.05, 4.69) is 43.0 Å². The Morgan fingerprint density at radius 3 is 2.36 bits per heavy atom. The molecule has 0 radical (unpaired) electrons. The minimum Gasteiger partial charge on any atom is -0.481 e. The van der Waals surface area contributed by atoms with Gasteiger partial charge in [-0.15, -0.1) is 0 Å². The fourth-order valence-corrected chi connectivity index (χ4v) is 4.35. The first-order chi connectivity index (χ1) is 11.8. The molecule has 0 aliphatic carbocycles. The van der Waals surface area contributed by atoms with Crippen LogP contribution in [0, 0.1) is 5.92 Å². The van der Waals surface area contributed by atoms with Gasteiger partial charge in [0.2, 0.25) is 5.91 Å². The van der Waals surface area contributed by atoms with Gasteiger partial charge in [0.05, 0.1) is 11.5 Å². The molecule has 1 N–H and O–H groups in total. The molecule has 25 heavy (non-hydrogen) atoms. The predicted molar refractivity (Wildman–Crippen MR) is 96.3 cm³/mol. The number of aliphatic carboxylic acids is 1. The molecule has 1 atom stereocenters. The predicted octanol–water partition coefficient (Wildman–Crippen LogP) is 2.71. The molecule has 0 aromatic heterocycles. The van der Waals surface area contributed by atoms with Gasteiger partial charge in [-0.1, -0.05) is 38.1 Å². The molecule has 2 heterocycles. The van der Waals surface area contributed by atoms with E-state index in [4.69, 9.17) is 0 Å². The van der Waals surface area contributed by atoms with Gasteiger partial charge in [0.1, 0.15) is 0 Å². The highest BCUT2D eigenvalue weighted by Gasteiger charge is 2.55. The summed E-state index contributed by atoms with van der Waals surface area (Å²) in [6.45, 7) is 6.92. The molecule has 0 unspecified atom stereocenters. The number of piperidine rings is 1. The molecule has 1 amide bonds. The lowest BCUT2D eigenvalue weighted by molar-refractivity contribution is -0.146. The van der Waals surface area contributed by atoms with Crippen LogP contribution in [0.5, 0.6) is 0 Å². The smallest absolute Gasteiger partial charge is 0.309 e. The van der Waals surface area contributed by atoms with E-state index in [9.17, 15) is 14.7 Å².